The minimum Gasteiger partial charge on any atom is -0.0881 e. The van der Waals surface area contributed by atoms with Crippen molar-refractivity contribution in [3.05, 3.63) is 229 Å². The summed E-state index contributed by atoms with van der Waals surface area (Å²) in [6.45, 7) is 0. The van der Waals surface area contributed by atoms with Crippen LogP contribution in [-0.2, 0) is 18.3 Å². The SMILES string of the molecule is c1ccc(CC2(Cc3ccc(-c4ccc(-c5ccccc5)cc4)cc3)c3c(c4ccccc4c4ccccc34)Sc3c2c2ccccc2c2ccccc32)cc1. The summed E-state index contributed by atoms with van der Waals surface area (Å²) in [5.74, 6) is 0. The average molecular weight is 731 g/mol. The first-order chi connectivity index (χ1) is 27.7. The molecule has 56 heavy (non-hydrogen) atoms. The van der Waals surface area contributed by atoms with E-state index in [-0.39, 0.29) is 5.41 Å². The summed E-state index contributed by atoms with van der Waals surface area (Å²) in [6, 6.07) is 76.8. The van der Waals surface area contributed by atoms with Gasteiger partial charge in [-0.05, 0) is 100 Å². The first-order valence-corrected chi connectivity index (χ1v) is 20.4. The second-order valence-electron chi connectivity index (χ2n) is 15.3. The van der Waals surface area contributed by atoms with Crippen molar-refractivity contribution in [2.24, 2.45) is 0 Å². The summed E-state index contributed by atoms with van der Waals surface area (Å²) in [6.07, 6.45) is 1.74. The molecule has 0 radical (unpaired) electrons. The lowest BCUT2D eigenvalue weighted by atomic mass is 9.63. The average Bonchev–Trinajstić information content (AvgIpc) is 3.27. The number of hydrogen-bond acceptors (Lipinski definition) is 1. The van der Waals surface area contributed by atoms with Crippen LogP contribution in [-0.4, -0.2) is 0 Å². The molecule has 0 aromatic heterocycles. The number of benzene rings is 10. The summed E-state index contributed by atoms with van der Waals surface area (Å²) >= 11 is 1.99. The van der Waals surface area contributed by atoms with E-state index in [0.29, 0.717) is 0 Å². The first kappa shape index (κ1) is 33.0. The zero-order valence-corrected chi connectivity index (χ0v) is 31.8. The first-order valence-electron chi connectivity index (χ1n) is 19.6. The van der Waals surface area contributed by atoms with E-state index in [1.807, 2.05) is 11.8 Å². The molecule has 10 aromatic rings. The number of rotatable bonds is 6. The molecule has 0 fully saturated rings. The summed E-state index contributed by atoms with van der Waals surface area (Å²) in [7, 11) is 0. The summed E-state index contributed by atoms with van der Waals surface area (Å²) in [4.78, 5) is 2.77. The zero-order valence-electron chi connectivity index (χ0n) is 31.0. The van der Waals surface area contributed by atoms with E-state index in [1.54, 1.807) is 0 Å². The zero-order chi connectivity index (χ0) is 37.1. The largest absolute Gasteiger partial charge is 0.0881 e. The predicted molar refractivity (Wildman–Crippen MR) is 239 cm³/mol. The molecule has 264 valence electrons. The highest BCUT2D eigenvalue weighted by Crippen LogP contribution is 2.60. The molecule has 1 aliphatic rings. The lowest BCUT2D eigenvalue weighted by Crippen LogP contribution is -2.37. The molecule has 0 bridgehead atoms. The van der Waals surface area contributed by atoms with E-state index < -0.39 is 0 Å². The molecule has 10 aromatic carbocycles. The van der Waals surface area contributed by atoms with Crippen LogP contribution in [0, 0.1) is 0 Å². The van der Waals surface area contributed by atoms with Crippen LogP contribution in [0.3, 0.4) is 0 Å². The molecule has 0 unspecified atom stereocenters. The normalized spacial score (nSPS) is 13.2. The van der Waals surface area contributed by atoms with Gasteiger partial charge in [0.25, 0.3) is 0 Å². The van der Waals surface area contributed by atoms with Crippen molar-refractivity contribution in [3.8, 4) is 22.3 Å². The third-order valence-electron chi connectivity index (χ3n) is 12.1. The topological polar surface area (TPSA) is 0 Å². The molecule has 0 atom stereocenters. The van der Waals surface area contributed by atoms with Gasteiger partial charge in [-0.25, -0.2) is 0 Å². The Bertz CT molecular complexity index is 2950. The Balaban J connectivity index is 1.18. The van der Waals surface area contributed by atoms with E-state index in [0.717, 1.165) is 12.8 Å². The molecule has 11 rings (SSSR count). The molecule has 0 spiro atoms. The van der Waals surface area contributed by atoms with E-state index >= 15 is 0 Å². The molecule has 0 nitrogen and oxygen atoms in total. The Hall–Kier alpha value is -6.41. The smallest absolute Gasteiger partial charge is 0.0318 e. The summed E-state index contributed by atoms with van der Waals surface area (Å²) in [5.41, 5.74) is 10.1. The highest BCUT2D eigenvalue weighted by molar-refractivity contribution is 8.00. The van der Waals surface area contributed by atoms with Crippen LogP contribution in [0.1, 0.15) is 22.3 Å². The highest BCUT2D eigenvalue weighted by Gasteiger charge is 2.45. The minimum absolute atomic E-state index is 0.386. The molecular formula is C55H38S. The molecular weight excluding hydrogens is 693 g/mol. The maximum Gasteiger partial charge on any atom is 0.0318 e. The van der Waals surface area contributed by atoms with Crippen molar-refractivity contribution in [2.75, 3.05) is 0 Å². The molecule has 1 aliphatic heterocycles. The monoisotopic (exact) mass is 730 g/mol. The molecule has 0 saturated carbocycles. The van der Waals surface area contributed by atoms with Crippen LogP contribution < -0.4 is 0 Å². The second-order valence-corrected chi connectivity index (χ2v) is 16.3. The van der Waals surface area contributed by atoms with Gasteiger partial charge in [-0.15, -0.1) is 0 Å². The lowest BCUT2D eigenvalue weighted by molar-refractivity contribution is 0.496. The maximum absolute atomic E-state index is 2.39. The van der Waals surface area contributed by atoms with Crippen molar-refractivity contribution in [3.63, 3.8) is 0 Å². The highest BCUT2D eigenvalue weighted by atomic mass is 32.2. The molecule has 0 N–H and O–H groups in total. The molecule has 0 saturated heterocycles. The van der Waals surface area contributed by atoms with Gasteiger partial charge in [0.05, 0.1) is 0 Å². The quantitative estimate of drug-likeness (QED) is 0.154. The Kier molecular flexibility index (Phi) is 7.90. The molecule has 0 aliphatic carbocycles. The van der Waals surface area contributed by atoms with Crippen molar-refractivity contribution in [1.82, 2.24) is 0 Å². The van der Waals surface area contributed by atoms with E-state index in [4.69, 9.17) is 0 Å². The van der Waals surface area contributed by atoms with Gasteiger partial charge in [-0.2, -0.15) is 0 Å². The Labute approximate surface area is 332 Å². The fraction of sp³-hybridized carbons (Fsp3) is 0.0545. The van der Waals surface area contributed by atoms with Crippen LogP contribution in [0.4, 0.5) is 0 Å². The van der Waals surface area contributed by atoms with Crippen molar-refractivity contribution in [1.29, 1.82) is 0 Å². The Morgan fingerprint density at radius 2 is 0.571 bits per heavy atom. The van der Waals surface area contributed by atoms with Gasteiger partial charge in [0.1, 0.15) is 0 Å². The maximum atomic E-state index is 2.39. The van der Waals surface area contributed by atoms with Crippen LogP contribution in [0.5, 0.6) is 0 Å². The van der Waals surface area contributed by atoms with Gasteiger partial charge in [-0.1, -0.05) is 218 Å². The van der Waals surface area contributed by atoms with Crippen LogP contribution in [0.15, 0.2) is 216 Å². The van der Waals surface area contributed by atoms with Gasteiger partial charge in [0.15, 0.2) is 0 Å². The van der Waals surface area contributed by atoms with Crippen molar-refractivity contribution in [2.45, 2.75) is 28.0 Å². The summed E-state index contributed by atoms with van der Waals surface area (Å²) in [5, 5.41) is 10.6. The fourth-order valence-corrected chi connectivity index (χ4v) is 11.2. The van der Waals surface area contributed by atoms with Crippen molar-refractivity contribution >= 4 is 54.9 Å². The molecule has 1 heterocycles. The third-order valence-corrected chi connectivity index (χ3v) is 13.3. The van der Waals surface area contributed by atoms with Crippen molar-refractivity contribution < 1.29 is 0 Å². The van der Waals surface area contributed by atoms with Gasteiger partial charge < -0.3 is 0 Å². The van der Waals surface area contributed by atoms with E-state index in [1.165, 1.54) is 97.4 Å². The molecule has 1 heteroatoms. The Morgan fingerprint density at radius 3 is 1.02 bits per heavy atom. The van der Waals surface area contributed by atoms with Crippen LogP contribution >= 0.6 is 11.8 Å². The Morgan fingerprint density at radius 1 is 0.268 bits per heavy atom. The lowest BCUT2D eigenvalue weighted by Gasteiger charge is -2.44. The minimum atomic E-state index is -0.386. The predicted octanol–water partition coefficient (Wildman–Crippen LogP) is 14.9. The van der Waals surface area contributed by atoms with E-state index in [2.05, 4.69) is 206 Å². The second kappa shape index (κ2) is 13.4. The van der Waals surface area contributed by atoms with Crippen LogP contribution in [0.2, 0.25) is 0 Å². The standard InChI is InChI=1S/C55H38S/c1-3-15-37(16-4-1)35-55(36-38-27-29-40(30-28-38)42-33-31-41(32-34-42)39-17-5-2-6-18-39)51-47-23-11-7-19-43(47)45-21-9-13-25-49(45)53(51)56-54-50-26-14-10-22-46(50)44-20-8-12-24-48(44)52(54)55/h1-34H,35-36H2. The number of fused-ring (bicyclic) bond motifs is 12. The van der Waals surface area contributed by atoms with Gasteiger partial charge in [-0.3, -0.25) is 0 Å². The van der Waals surface area contributed by atoms with E-state index in [9.17, 15) is 0 Å². The van der Waals surface area contributed by atoms with Crippen LogP contribution in [0.25, 0.3) is 65.3 Å². The van der Waals surface area contributed by atoms with Gasteiger partial charge in [0, 0.05) is 15.2 Å². The fourth-order valence-electron chi connectivity index (χ4n) is 9.62. The van der Waals surface area contributed by atoms with Gasteiger partial charge >= 0.3 is 0 Å². The third kappa shape index (κ3) is 5.30. The molecule has 0 amide bonds. The number of hydrogen-bond donors (Lipinski definition) is 0. The summed E-state index contributed by atoms with van der Waals surface area (Å²) < 4.78 is 0. The van der Waals surface area contributed by atoms with Gasteiger partial charge in [0.2, 0.25) is 0 Å².